The highest BCUT2D eigenvalue weighted by molar-refractivity contribution is 14.1. The zero-order valence-electron chi connectivity index (χ0n) is 11.1. The third-order valence-corrected chi connectivity index (χ3v) is 3.34. The molecule has 0 spiro atoms. The summed E-state index contributed by atoms with van der Waals surface area (Å²) in [6.07, 6.45) is 0.823. The first kappa shape index (κ1) is 14.9. The Morgan fingerprint density at radius 2 is 2.10 bits per heavy atom. The first-order valence-electron chi connectivity index (χ1n) is 6.34. The topological polar surface area (TPSA) is 47.3 Å². The highest BCUT2D eigenvalue weighted by Crippen LogP contribution is 2.31. The molecule has 0 bridgehead atoms. The molecule has 106 valence electrons. The van der Waals surface area contributed by atoms with Gasteiger partial charge in [0.2, 0.25) is 0 Å². The second-order valence-electron chi connectivity index (χ2n) is 4.35. The molecule has 0 radical (unpaired) electrons. The summed E-state index contributed by atoms with van der Waals surface area (Å²) >= 11 is 2.23. The number of halogens is 2. The lowest BCUT2D eigenvalue weighted by atomic mass is 10.2. The van der Waals surface area contributed by atoms with E-state index in [0.29, 0.717) is 18.0 Å². The predicted octanol–water partition coefficient (Wildman–Crippen LogP) is 4.54. The molecule has 0 heterocycles. The lowest BCUT2D eigenvalue weighted by Gasteiger charge is -2.13. The third-order valence-electron chi connectivity index (χ3n) is 2.67. The van der Waals surface area contributed by atoms with Crippen LogP contribution in [0.25, 0.3) is 0 Å². The number of benzene rings is 2. The number of rotatable bonds is 5. The molecule has 0 aliphatic carbocycles. The molecule has 0 saturated carbocycles. The Hall–Kier alpha value is -1.50. The van der Waals surface area contributed by atoms with E-state index in [9.17, 15) is 4.39 Å². The smallest absolute Gasteiger partial charge is 0.167 e. The van der Waals surface area contributed by atoms with Crippen LogP contribution in [0.1, 0.15) is 13.3 Å². The molecule has 0 unspecified atom stereocenters. The molecule has 0 saturated heterocycles. The Morgan fingerprint density at radius 1 is 1.30 bits per heavy atom. The molecule has 0 fully saturated rings. The third kappa shape index (κ3) is 3.75. The normalized spacial score (nSPS) is 10.3. The zero-order chi connectivity index (χ0) is 14.5. The molecule has 3 N–H and O–H groups in total. The Kier molecular flexibility index (Phi) is 5.05. The maximum atomic E-state index is 13.7. The molecular formula is C15H16FIN2O. The maximum absolute atomic E-state index is 13.7. The van der Waals surface area contributed by atoms with Crippen LogP contribution in [0.4, 0.5) is 21.5 Å². The minimum absolute atomic E-state index is 0.217. The Balaban J connectivity index is 2.26. The molecule has 2 rings (SSSR count). The summed E-state index contributed by atoms with van der Waals surface area (Å²) in [4.78, 5) is 0. The van der Waals surface area contributed by atoms with Gasteiger partial charge in [-0.05, 0) is 47.2 Å². The van der Waals surface area contributed by atoms with Gasteiger partial charge in [0.1, 0.15) is 0 Å². The summed E-state index contributed by atoms with van der Waals surface area (Å²) in [5.74, 6) is -0.224. The van der Waals surface area contributed by atoms with Crippen molar-refractivity contribution in [2.45, 2.75) is 13.3 Å². The molecule has 0 amide bonds. The minimum atomic E-state index is -0.441. The largest absolute Gasteiger partial charge is 0.490 e. The van der Waals surface area contributed by atoms with Crippen molar-refractivity contribution in [2.24, 2.45) is 0 Å². The van der Waals surface area contributed by atoms with Crippen LogP contribution < -0.4 is 15.8 Å². The van der Waals surface area contributed by atoms with Gasteiger partial charge in [-0.2, -0.15) is 0 Å². The quantitative estimate of drug-likeness (QED) is 0.586. The fourth-order valence-corrected chi connectivity index (χ4v) is 2.26. The number of nitrogens with two attached hydrogens (primary N) is 1. The number of hydrogen-bond donors (Lipinski definition) is 2. The number of nitrogen functional groups attached to an aromatic ring is 1. The minimum Gasteiger partial charge on any atom is -0.490 e. The molecule has 0 aliphatic rings. The number of nitrogens with one attached hydrogen (secondary N) is 1. The first-order chi connectivity index (χ1) is 9.60. The summed E-state index contributed by atoms with van der Waals surface area (Å²) in [5, 5.41) is 3.18. The van der Waals surface area contributed by atoms with E-state index < -0.39 is 5.82 Å². The van der Waals surface area contributed by atoms with Crippen LogP contribution in [0.3, 0.4) is 0 Å². The van der Waals surface area contributed by atoms with Gasteiger partial charge in [-0.15, -0.1) is 0 Å². The van der Waals surface area contributed by atoms with Gasteiger partial charge in [-0.1, -0.05) is 13.0 Å². The van der Waals surface area contributed by atoms with Crippen molar-refractivity contribution in [1.82, 2.24) is 0 Å². The van der Waals surface area contributed by atoms with Gasteiger partial charge in [0.05, 0.1) is 18.0 Å². The van der Waals surface area contributed by atoms with E-state index in [0.717, 1.165) is 15.7 Å². The van der Waals surface area contributed by atoms with Gasteiger partial charge >= 0.3 is 0 Å². The van der Waals surface area contributed by atoms with Crippen molar-refractivity contribution < 1.29 is 9.13 Å². The van der Waals surface area contributed by atoms with Gasteiger partial charge in [-0.3, -0.25) is 0 Å². The first-order valence-corrected chi connectivity index (χ1v) is 7.42. The lowest BCUT2D eigenvalue weighted by molar-refractivity contribution is 0.301. The van der Waals surface area contributed by atoms with E-state index in [1.165, 1.54) is 6.07 Å². The van der Waals surface area contributed by atoms with Crippen LogP contribution in [-0.2, 0) is 0 Å². The summed E-state index contributed by atoms with van der Waals surface area (Å²) < 4.78 is 20.2. The maximum Gasteiger partial charge on any atom is 0.167 e. The fourth-order valence-electron chi connectivity index (χ4n) is 1.72. The molecular weight excluding hydrogens is 370 g/mol. The number of hydrogen-bond acceptors (Lipinski definition) is 3. The summed E-state index contributed by atoms with van der Waals surface area (Å²) in [7, 11) is 0. The van der Waals surface area contributed by atoms with Crippen molar-refractivity contribution in [2.75, 3.05) is 17.7 Å². The van der Waals surface area contributed by atoms with Crippen LogP contribution >= 0.6 is 22.6 Å². The number of ether oxygens (including phenoxy) is 1. The van der Waals surface area contributed by atoms with E-state index in [-0.39, 0.29) is 5.75 Å². The monoisotopic (exact) mass is 386 g/mol. The highest BCUT2D eigenvalue weighted by atomic mass is 127. The Morgan fingerprint density at radius 3 is 2.80 bits per heavy atom. The van der Waals surface area contributed by atoms with Crippen LogP contribution in [0.5, 0.6) is 5.75 Å². The highest BCUT2D eigenvalue weighted by Gasteiger charge is 2.09. The summed E-state index contributed by atoms with van der Waals surface area (Å²) in [6.45, 7) is 2.45. The average Bonchev–Trinajstić information content (AvgIpc) is 2.40. The second-order valence-corrected chi connectivity index (χ2v) is 5.60. The fraction of sp³-hybridized carbons (Fsp3) is 0.200. The molecule has 0 atom stereocenters. The van der Waals surface area contributed by atoms with Crippen LogP contribution in [0, 0.1) is 9.39 Å². The standard InChI is InChI=1S/C15H16FIN2O/c1-2-6-20-15-9-14(13(18)8-12(15)16)19-11-5-3-4-10(17)7-11/h3-5,7-9,19H,2,6,18H2,1H3. The SMILES string of the molecule is CCCOc1cc(Nc2cccc(I)c2)c(N)cc1F. The second kappa shape index (κ2) is 6.78. The van der Waals surface area contributed by atoms with Crippen molar-refractivity contribution in [3.05, 3.63) is 45.8 Å². The Labute approximate surface area is 131 Å². The van der Waals surface area contributed by atoms with Crippen molar-refractivity contribution in [1.29, 1.82) is 0 Å². The predicted molar refractivity (Wildman–Crippen MR) is 89.0 cm³/mol. The van der Waals surface area contributed by atoms with Crippen LogP contribution in [0.15, 0.2) is 36.4 Å². The molecule has 2 aromatic carbocycles. The zero-order valence-corrected chi connectivity index (χ0v) is 13.3. The van der Waals surface area contributed by atoms with Gasteiger partial charge < -0.3 is 15.8 Å². The van der Waals surface area contributed by atoms with Crippen molar-refractivity contribution >= 4 is 39.7 Å². The van der Waals surface area contributed by atoms with E-state index in [2.05, 4.69) is 27.9 Å². The van der Waals surface area contributed by atoms with Crippen LogP contribution in [-0.4, -0.2) is 6.61 Å². The summed E-state index contributed by atoms with van der Waals surface area (Å²) in [5.41, 5.74) is 7.74. The molecule has 3 nitrogen and oxygen atoms in total. The van der Waals surface area contributed by atoms with Gasteiger partial charge in [0.25, 0.3) is 0 Å². The van der Waals surface area contributed by atoms with Gasteiger partial charge in [-0.25, -0.2) is 4.39 Å². The van der Waals surface area contributed by atoms with Gasteiger partial charge in [0, 0.05) is 21.4 Å². The molecule has 20 heavy (non-hydrogen) atoms. The van der Waals surface area contributed by atoms with Crippen molar-refractivity contribution in [3.63, 3.8) is 0 Å². The lowest BCUT2D eigenvalue weighted by Crippen LogP contribution is -2.02. The number of anilines is 3. The van der Waals surface area contributed by atoms with Crippen molar-refractivity contribution in [3.8, 4) is 5.75 Å². The average molecular weight is 386 g/mol. The molecule has 2 aromatic rings. The van der Waals surface area contributed by atoms with E-state index in [1.54, 1.807) is 6.07 Å². The van der Waals surface area contributed by atoms with Gasteiger partial charge in [0.15, 0.2) is 11.6 Å². The van der Waals surface area contributed by atoms with E-state index >= 15 is 0 Å². The molecule has 0 aromatic heterocycles. The summed E-state index contributed by atoms with van der Waals surface area (Å²) in [6, 6.07) is 10.7. The van der Waals surface area contributed by atoms with E-state index in [1.807, 2.05) is 31.2 Å². The Bertz CT molecular complexity index is 604. The molecule has 5 heteroatoms. The van der Waals surface area contributed by atoms with E-state index in [4.69, 9.17) is 10.5 Å². The molecule has 0 aliphatic heterocycles. The van der Waals surface area contributed by atoms with Crippen LogP contribution in [0.2, 0.25) is 0 Å².